The number of alkyl halides is 3. The van der Waals surface area contributed by atoms with Gasteiger partial charge in [0.25, 0.3) is 11.8 Å². The molecular weight excluding hydrogens is 661 g/mol. The quantitative estimate of drug-likeness (QED) is 0.232. The second-order valence-corrected chi connectivity index (χ2v) is 12.1. The standard InChI is InChI=1S/C29H28ClF3N10O5/c1-28(7-8-28)37-25(46)18-6-9-34-12-19(18)43-24(26(47)40-11-10-35-22(45)15-40)36-21(38-43)14-42-27(48)41(13-20(44)29(31,32)33)23(39-42)16-2-4-17(30)5-3-16/h2-6,9,12,20,44H,7-8,10-11,13-15H2,1H3,(H,35,45)(H,37,46). The summed E-state index contributed by atoms with van der Waals surface area (Å²) in [7, 11) is 0. The van der Waals surface area contributed by atoms with E-state index in [1.807, 2.05) is 6.92 Å². The summed E-state index contributed by atoms with van der Waals surface area (Å²) in [5, 5.41) is 24.3. The minimum atomic E-state index is -5.02. The molecule has 1 unspecified atom stereocenters. The predicted octanol–water partition coefficient (Wildman–Crippen LogP) is 1.17. The first-order valence-corrected chi connectivity index (χ1v) is 15.1. The van der Waals surface area contributed by atoms with E-state index in [-0.39, 0.29) is 59.5 Å². The maximum Gasteiger partial charge on any atom is 0.416 e. The van der Waals surface area contributed by atoms with Crippen molar-refractivity contribution < 1.29 is 32.7 Å². The van der Waals surface area contributed by atoms with Gasteiger partial charge in [-0.1, -0.05) is 11.6 Å². The summed E-state index contributed by atoms with van der Waals surface area (Å²) in [5.41, 5.74) is -0.979. The van der Waals surface area contributed by atoms with Crippen LogP contribution in [0.4, 0.5) is 13.2 Å². The second kappa shape index (κ2) is 12.5. The van der Waals surface area contributed by atoms with E-state index in [4.69, 9.17) is 11.6 Å². The van der Waals surface area contributed by atoms with Crippen LogP contribution in [0.1, 0.15) is 46.6 Å². The molecule has 1 saturated carbocycles. The van der Waals surface area contributed by atoms with Gasteiger partial charge in [-0.15, -0.1) is 10.2 Å². The van der Waals surface area contributed by atoms with Crippen LogP contribution >= 0.6 is 11.6 Å². The average molecular weight is 689 g/mol. The monoisotopic (exact) mass is 688 g/mol. The Morgan fingerprint density at radius 1 is 1.15 bits per heavy atom. The number of nitrogens with zero attached hydrogens (tertiary/aromatic N) is 8. The molecule has 1 saturated heterocycles. The third-order valence-electron chi connectivity index (χ3n) is 7.91. The Labute approximate surface area is 274 Å². The van der Waals surface area contributed by atoms with Crippen LogP contribution in [0.2, 0.25) is 5.02 Å². The first kappa shape index (κ1) is 32.8. The summed E-state index contributed by atoms with van der Waals surface area (Å²) in [5.74, 6) is -2.23. The normalized spacial score (nSPS) is 16.4. The lowest BCUT2D eigenvalue weighted by Gasteiger charge is -2.26. The Morgan fingerprint density at radius 3 is 2.54 bits per heavy atom. The molecule has 6 rings (SSSR count). The number of nitrogens with one attached hydrogen (secondary N) is 2. The summed E-state index contributed by atoms with van der Waals surface area (Å²) >= 11 is 5.96. The van der Waals surface area contributed by atoms with Gasteiger partial charge in [0.15, 0.2) is 17.8 Å². The zero-order valence-electron chi connectivity index (χ0n) is 25.2. The minimum Gasteiger partial charge on any atom is -0.382 e. The van der Waals surface area contributed by atoms with Gasteiger partial charge < -0.3 is 20.6 Å². The Morgan fingerprint density at radius 2 is 1.88 bits per heavy atom. The fourth-order valence-electron chi connectivity index (χ4n) is 5.01. The molecule has 0 bridgehead atoms. The fraction of sp³-hybridized carbons (Fsp3) is 0.379. The van der Waals surface area contributed by atoms with Crippen molar-refractivity contribution in [3.8, 4) is 17.1 Å². The molecule has 1 aromatic carbocycles. The van der Waals surface area contributed by atoms with Crippen LogP contribution in [0.25, 0.3) is 17.1 Å². The van der Waals surface area contributed by atoms with Crippen molar-refractivity contribution in [2.75, 3.05) is 19.6 Å². The van der Waals surface area contributed by atoms with Crippen molar-refractivity contribution in [2.24, 2.45) is 0 Å². The van der Waals surface area contributed by atoms with Crippen LogP contribution in [0, 0.1) is 0 Å². The molecule has 1 aliphatic carbocycles. The number of rotatable bonds is 9. The van der Waals surface area contributed by atoms with Crippen LogP contribution in [-0.4, -0.2) is 99.3 Å². The number of halogens is 4. The number of pyridine rings is 1. The van der Waals surface area contributed by atoms with Gasteiger partial charge in [-0.3, -0.25) is 23.9 Å². The molecular formula is C29H28ClF3N10O5. The van der Waals surface area contributed by atoms with E-state index in [9.17, 15) is 37.5 Å². The molecule has 4 heterocycles. The molecule has 15 nitrogen and oxygen atoms in total. The molecule has 1 atom stereocenters. The first-order valence-electron chi connectivity index (χ1n) is 14.7. The zero-order chi connectivity index (χ0) is 34.4. The maximum absolute atomic E-state index is 13.7. The van der Waals surface area contributed by atoms with Gasteiger partial charge in [-0.25, -0.2) is 19.1 Å². The molecule has 4 aromatic rings. The van der Waals surface area contributed by atoms with Crippen molar-refractivity contribution >= 4 is 29.3 Å². The number of hydrogen-bond acceptors (Lipinski definition) is 9. The summed E-state index contributed by atoms with van der Waals surface area (Å²) in [6, 6.07) is 7.24. The van der Waals surface area contributed by atoms with Crippen LogP contribution in [0.15, 0.2) is 47.5 Å². The van der Waals surface area contributed by atoms with Gasteiger partial charge >= 0.3 is 11.9 Å². The fourth-order valence-corrected chi connectivity index (χ4v) is 5.14. The van der Waals surface area contributed by atoms with Gasteiger partial charge in [-0.2, -0.15) is 13.2 Å². The number of aliphatic hydroxyl groups is 1. The number of aromatic nitrogens is 7. The molecule has 2 fully saturated rings. The van der Waals surface area contributed by atoms with Crippen molar-refractivity contribution in [2.45, 2.75) is 50.7 Å². The molecule has 3 N–H and O–H groups in total. The van der Waals surface area contributed by atoms with E-state index in [0.717, 1.165) is 22.2 Å². The van der Waals surface area contributed by atoms with E-state index in [1.165, 1.54) is 47.6 Å². The van der Waals surface area contributed by atoms with Gasteiger partial charge in [0, 0.05) is 35.4 Å². The minimum absolute atomic E-state index is 0.0795. The molecule has 0 spiro atoms. The van der Waals surface area contributed by atoms with Crippen LogP contribution in [0.5, 0.6) is 0 Å². The Balaban J connectivity index is 1.42. The molecule has 1 aliphatic heterocycles. The number of carbonyl (C=O) groups excluding carboxylic acids is 3. The van der Waals surface area contributed by atoms with Crippen LogP contribution in [-0.2, 0) is 17.9 Å². The highest BCUT2D eigenvalue weighted by Crippen LogP contribution is 2.35. The van der Waals surface area contributed by atoms with Gasteiger partial charge in [0.05, 0.1) is 24.0 Å². The van der Waals surface area contributed by atoms with Gasteiger partial charge in [0.1, 0.15) is 13.1 Å². The highest BCUT2D eigenvalue weighted by molar-refractivity contribution is 6.30. The van der Waals surface area contributed by atoms with Crippen molar-refractivity contribution in [3.05, 3.63) is 75.4 Å². The number of hydrogen-bond donors (Lipinski definition) is 3. The summed E-state index contributed by atoms with van der Waals surface area (Å²) < 4.78 is 42.5. The van der Waals surface area contributed by atoms with Gasteiger partial charge in [-0.05, 0) is 50.1 Å². The van der Waals surface area contributed by atoms with Crippen molar-refractivity contribution in [1.29, 1.82) is 0 Å². The highest BCUT2D eigenvalue weighted by Gasteiger charge is 2.40. The van der Waals surface area contributed by atoms with Crippen LogP contribution in [0.3, 0.4) is 0 Å². The molecule has 19 heteroatoms. The number of carbonyl (C=O) groups is 3. The van der Waals surface area contributed by atoms with E-state index < -0.39 is 48.8 Å². The molecule has 0 radical (unpaired) electrons. The molecule has 3 aromatic heterocycles. The third kappa shape index (κ3) is 6.79. The first-order chi connectivity index (χ1) is 22.7. The molecule has 3 amide bonds. The Bertz CT molecular complexity index is 1950. The number of benzene rings is 1. The lowest BCUT2D eigenvalue weighted by Crippen LogP contribution is -2.50. The molecule has 252 valence electrons. The summed E-state index contributed by atoms with van der Waals surface area (Å²) in [6.07, 6.45) is -3.64. The average Bonchev–Trinajstić information content (AvgIpc) is 3.49. The second-order valence-electron chi connectivity index (χ2n) is 11.7. The van der Waals surface area contributed by atoms with Crippen molar-refractivity contribution in [3.63, 3.8) is 0 Å². The van der Waals surface area contributed by atoms with E-state index >= 15 is 0 Å². The molecule has 2 aliphatic rings. The highest BCUT2D eigenvalue weighted by atomic mass is 35.5. The lowest BCUT2D eigenvalue weighted by atomic mass is 10.2. The third-order valence-corrected chi connectivity index (χ3v) is 8.16. The SMILES string of the molecule is CC1(NC(=O)c2ccncc2-n2nc(Cn3nc(-c4ccc(Cl)cc4)n(CC(O)C(F)(F)F)c3=O)nc2C(=O)N2CCNC(=O)C2)CC1. The topological polar surface area (TPSA) is 182 Å². The smallest absolute Gasteiger partial charge is 0.382 e. The Hall–Kier alpha value is -5.10. The number of aliphatic hydroxyl groups excluding tert-OH is 1. The van der Waals surface area contributed by atoms with Crippen molar-refractivity contribution in [1.82, 2.24) is 49.6 Å². The predicted molar refractivity (Wildman–Crippen MR) is 161 cm³/mol. The number of piperazine rings is 1. The van der Waals surface area contributed by atoms with E-state index in [1.54, 1.807) is 0 Å². The molecule has 48 heavy (non-hydrogen) atoms. The van der Waals surface area contributed by atoms with E-state index in [0.29, 0.717) is 9.59 Å². The largest absolute Gasteiger partial charge is 0.416 e. The lowest BCUT2D eigenvalue weighted by molar-refractivity contribution is -0.207. The van der Waals surface area contributed by atoms with Gasteiger partial charge in [0.2, 0.25) is 11.7 Å². The summed E-state index contributed by atoms with van der Waals surface area (Å²) in [6.45, 7) is 0.280. The maximum atomic E-state index is 13.7. The van der Waals surface area contributed by atoms with Crippen LogP contribution < -0.4 is 16.3 Å². The zero-order valence-corrected chi connectivity index (χ0v) is 26.0. The van der Waals surface area contributed by atoms with E-state index in [2.05, 4.69) is 30.8 Å². The summed E-state index contributed by atoms with van der Waals surface area (Å²) in [4.78, 5) is 62.3. The number of amides is 3. The Kier molecular flexibility index (Phi) is 8.54.